The molecule has 1 aromatic carbocycles. The number of amides is 1. The van der Waals surface area contributed by atoms with Crippen LogP contribution in [0.25, 0.3) is 5.69 Å². The van der Waals surface area contributed by atoms with Gasteiger partial charge in [-0.05, 0) is 25.0 Å². The van der Waals surface area contributed by atoms with Crippen LogP contribution in [-0.4, -0.2) is 58.8 Å². The molecule has 1 aliphatic heterocycles. The Hall–Kier alpha value is -3.40. The molecule has 1 fully saturated rings. The number of hydrogen-bond donors (Lipinski definition) is 0. The van der Waals surface area contributed by atoms with Crippen molar-refractivity contribution < 1.29 is 17.9 Å². The number of methoxy groups -OCH3 is 1. The molecule has 0 unspecified atom stereocenters. The van der Waals surface area contributed by atoms with E-state index >= 15 is 0 Å². The molecular weight excluding hydrogens is 432 g/mol. The van der Waals surface area contributed by atoms with Crippen LogP contribution >= 0.6 is 0 Å². The molecule has 0 aliphatic carbocycles. The van der Waals surface area contributed by atoms with Crippen molar-refractivity contribution in [3.05, 3.63) is 70.9 Å². The monoisotopic (exact) mass is 456 g/mol. The van der Waals surface area contributed by atoms with Gasteiger partial charge in [0.15, 0.2) is 0 Å². The number of pyridine rings is 1. The van der Waals surface area contributed by atoms with Crippen molar-refractivity contribution in [2.75, 3.05) is 20.2 Å². The Balaban J connectivity index is 1.57. The standard InChI is InChI=1S/C22H24N4O5S/c1-24-13-10-23-22(24)32(29,30)17-8-11-25(12-9-17)21(28)18-15-26(16-6-4-3-5-7-16)20(27)14-19(18)31-2/h3-7,10,13-15,17H,8-9,11-12H2,1-2H3. The van der Waals surface area contributed by atoms with Crippen molar-refractivity contribution >= 4 is 15.7 Å². The number of carbonyl (C=O) groups excluding carboxylic acids is 1. The number of ether oxygens (including phenoxy) is 1. The molecule has 0 saturated carbocycles. The number of benzene rings is 1. The van der Waals surface area contributed by atoms with Crippen molar-refractivity contribution in [2.24, 2.45) is 7.05 Å². The van der Waals surface area contributed by atoms with E-state index in [1.807, 2.05) is 6.07 Å². The zero-order valence-corrected chi connectivity index (χ0v) is 18.7. The lowest BCUT2D eigenvalue weighted by atomic mass is 10.1. The highest BCUT2D eigenvalue weighted by Gasteiger charge is 2.35. The Morgan fingerprint density at radius 1 is 1.16 bits per heavy atom. The first kappa shape index (κ1) is 21.8. The summed E-state index contributed by atoms with van der Waals surface area (Å²) in [5, 5.41) is -0.563. The van der Waals surface area contributed by atoms with E-state index in [9.17, 15) is 18.0 Å². The van der Waals surface area contributed by atoms with Gasteiger partial charge in [-0.15, -0.1) is 0 Å². The lowest BCUT2D eigenvalue weighted by Crippen LogP contribution is -2.43. The van der Waals surface area contributed by atoms with Crippen LogP contribution in [0, 0.1) is 0 Å². The largest absolute Gasteiger partial charge is 0.496 e. The third kappa shape index (κ3) is 3.93. The summed E-state index contributed by atoms with van der Waals surface area (Å²) < 4.78 is 34.0. The summed E-state index contributed by atoms with van der Waals surface area (Å²) >= 11 is 0. The molecule has 0 radical (unpaired) electrons. The van der Waals surface area contributed by atoms with E-state index in [0.29, 0.717) is 18.5 Å². The lowest BCUT2D eigenvalue weighted by Gasteiger charge is -2.32. The van der Waals surface area contributed by atoms with Crippen LogP contribution in [0.3, 0.4) is 0 Å². The first-order valence-electron chi connectivity index (χ1n) is 10.2. The molecule has 9 nitrogen and oxygen atoms in total. The average molecular weight is 457 g/mol. The van der Waals surface area contributed by atoms with Gasteiger partial charge in [0.05, 0.1) is 17.9 Å². The third-order valence-corrected chi connectivity index (χ3v) is 7.95. The van der Waals surface area contributed by atoms with Gasteiger partial charge in [-0.25, -0.2) is 13.4 Å². The molecule has 0 spiro atoms. The number of para-hydroxylation sites is 1. The SMILES string of the molecule is COc1cc(=O)n(-c2ccccc2)cc1C(=O)N1CCC(S(=O)(=O)c2nccn2C)CC1. The molecule has 4 rings (SSSR count). The van der Waals surface area contributed by atoms with Crippen LogP contribution in [0.15, 0.2) is 64.9 Å². The minimum absolute atomic E-state index is 0.0406. The molecule has 0 atom stereocenters. The fraction of sp³-hybridized carbons (Fsp3) is 0.318. The Kier molecular flexibility index (Phi) is 5.88. The van der Waals surface area contributed by atoms with Crippen molar-refractivity contribution in [3.8, 4) is 11.4 Å². The fourth-order valence-corrected chi connectivity index (χ4v) is 5.75. The van der Waals surface area contributed by atoms with Gasteiger partial charge in [-0.2, -0.15) is 0 Å². The molecule has 0 N–H and O–H groups in total. The molecule has 0 bridgehead atoms. The smallest absolute Gasteiger partial charge is 0.259 e. The number of carbonyl (C=O) groups is 1. The van der Waals surface area contributed by atoms with E-state index in [1.54, 1.807) is 42.4 Å². The molecule has 1 amide bonds. The normalized spacial score (nSPS) is 15.0. The second-order valence-electron chi connectivity index (χ2n) is 7.66. The van der Waals surface area contributed by atoms with Crippen LogP contribution in [0.5, 0.6) is 5.75 Å². The molecule has 3 heterocycles. The maximum atomic E-state index is 13.3. The molecule has 2 aromatic heterocycles. The minimum Gasteiger partial charge on any atom is -0.496 e. The van der Waals surface area contributed by atoms with Crippen LogP contribution in [-0.2, 0) is 16.9 Å². The number of likely N-dealkylation sites (tertiary alicyclic amines) is 1. The van der Waals surface area contributed by atoms with Crippen LogP contribution < -0.4 is 10.3 Å². The number of sulfone groups is 1. The maximum absolute atomic E-state index is 13.3. The highest BCUT2D eigenvalue weighted by atomic mass is 32.2. The predicted molar refractivity (Wildman–Crippen MR) is 118 cm³/mol. The first-order chi connectivity index (χ1) is 15.3. The number of piperidine rings is 1. The van der Waals surface area contributed by atoms with E-state index in [-0.39, 0.29) is 41.0 Å². The van der Waals surface area contributed by atoms with Gasteiger partial charge in [-0.1, -0.05) is 18.2 Å². The summed E-state index contributed by atoms with van der Waals surface area (Å²) in [6, 6.07) is 10.3. The van der Waals surface area contributed by atoms with Gasteiger partial charge >= 0.3 is 0 Å². The van der Waals surface area contributed by atoms with Gasteiger partial charge < -0.3 is 14.2 Å². The van der Waals surface area contributed by atoms with E-state index in [4.69, 9.17) is 4.74 Å². The van der Waals surface area contributed by atoms with Gasteiger partial charge in [0.25, 0.3) is 11.5 Å². The van der Waals surface area contributed by atoms with E-state index < -0.39 is 15.1 Å². The zero-order chi connectivity index (χ0) is 22.9. The number of nitrogens with zero attached hydrogens (tertiary/aromatic N) is 4. The first-order valence-corrected chi connectivity index (χ1v) is 11.7. The van der Waals surface area contributed by atoms with E-state index in [1.165, 1.54) is 34.7 Å². The predicted octanol–water partition coefficient (Wildman–Crippen LogP) is 1.66. The highest BCUT2D eigenvalue weighted by molar-refractivity contribution is 7.91. The van der Waals surface area contributed by atoms with Crippen molar-refractivity contribution in [2.45, 2.75) is 23.2 Å². The Morgan fingerprint density at radius 3 is 2.44 bits per heavy atom. The Bertz CT molecular complexity index is 1290. The van der Waals surface area contributed by atoms with Crippen molar-refractivity contribution in [1.29, 1.82) is 0 Å². The topological polar surface area (TPSA) is 104 Å². The number of rotatable bonds is 5. The van der Waals surface area contributed by atoms with E-state index in [2.05, 4.69) is 4.98 Å². The lowest BCUT2D eigenvalue weighted by molar-refractivity contribution is 0.0721. The van der Waals surface area contributed by atoms with Crippen LogP contribution in [0.1, 0.15) is 23.2 Å². The number of aromatic nitrogens is 3. The van der Waals surface area contributed by atoms with Crippen LogP contribution in [0.4, 0.5) is 0 Å². The zero-order valence-electron chi connectivity index (χ0n) is 17.8. The molecular formula is C22H24N4O5S. The maximum Gasteiger partial charge on any atom is 0.259 e. The molecule has 32 heavy (non-hydrogen) atoms. The summed E-state index contributed by atoms with van der Waals surface area (Å²) in [6.45, 7) is 0.557. The van der Waals surface area contributed by atoms with Gasteiger partial charge in [0.1, 0.15) is 5.75 Å². The van der Waals surface area contributed by atoms with Crippen molar-refractivity contribution in [1.82, 2.24) is 19.0 Å². The van der Waals surface area contributed by atoms with Crippen molar-refractivity contribution in [3.63, 3.8) is 0 Å². The van der Waals surface area contributed by atoms with Gasteiger partial charge in [-0.3, -0.25) is 14.2 Å². The van der Waals surface area contributed by atoms with Gasteiger partial charge in [0, 0.05) is 50.5 Å². The highest BCUT2D eigenvalue weighted by Crippen LogP contribution is 2.26. The summed E-state index contributed by atoms with van der Waals surface area (Å²) in [5.41, 5.74) is 0.569. The molecule has 10 heteroatoms. The second-order valence-corrected chi connectivity index (χ2v) is 9.78. The quantitative estimate of drug-likeness (QED) is 0.578. The fourth-order valence-electron chi connectivity index (χ4n) is 3.95. The Labute approximate surface area is 185 Å². The Morgan fingerprint density at radius 2 is 1.84 bits per heavy atom. The molecule has 1 saturated heterocycles. The number of imidazole rings is 1. The third-order valence-electron chi connectivity index (χ3n) is 5.70. The number of hydrogen-bond acceptors (Lipinski definition) is 6. The average Bonchev–Trinajstić information content (AvgIpc) is 3.25. The molecule has 1 aliphatic rings. The molecule has 3 aromatic rings. The summed E-state index contributed by atoms with van der Waals surface area (Å²) in [4.78, 5) is 31.4. The number of aryl methyl sites for hydroxylation is 1. The summed E-state index contributed by atoms with van der Waals surface area (Å²) in [7, 11) is -0.528. The summed E-state index contributed by atoms with van der Waals surface area (Å²) in [5.74, 6) is -0.116. The van der Waals surface area contributed by atoms with Gasteiger partial charge in [0.2, 0.25) is 15.0 Å². The van der Waals surface area contributed by atoms with Crippen LogP contribution in [0.2, 0.25) is 0 Å². The summed E-state index contributed by atoms with van der Waals surface area (Å²) in [6.07, 6.45) is 5.15. The minimum atomic E-state index is -3.58. The molecule has 168 valence electrons. The second kappa shape index (κ2) is 8.62. The van der Waals surface area contributed by atoms with E-state index in [0.717, 1.165) is 0 Å².